The summed E-state index contributed by atoms with van der Waals surface area (Å²) in [5, 5.41) is 19.7. The quantitative estimate of drug-likeness (QED) is 0.638. The van der Waals surface area contributed by atoms with Gasteiger partial charge in [-0.3, -0.25) is 10.1 Å². The number of halogens is 4. The van der Waals surface area contributed by atoms with Crippen molar-refractivity contribution in [3.63, 3.8) is 0 Å². The zero-order chi connectivity index (χ0) is 15.8. The van der Waals surface area contributed by atoms with Gasteiger partial charge < -0.3 is 4.98 Å². The Morgan fingerprint density at radius 1 is 1.48 bits per heavy atom. The first kappa shape index (κ1) is 15.4. The molecule has 0 amide bonds. The molecular weight excluding hydrogens is 372 g/mol. The average Bonchev–Trinajstić information content (AvgIpc) is 2.86. The van der Waals surface area contributed by atoms with Crippen LogP contribution in [-0.2, 0) is 5.92 Å². The van der Waals surface area contributed by atoms with E-state index in [0.29, 0.717) is 4.47 Å². The second-order valence-electron chi connectivity index (χ2n) is 4.00. The number of alkyl halides is 2. The van der Waals surface area contributed by atoms with Crippen LogP contribution in [0.3, 0.4) is 0 Å². The van der Waals surface area contributed by atoms with Gasteiger partial charge in [-0.05, 0) is 28.1 Å². The number of H-pyrrole nitrogens is 1. The summed E-state index contributed by atoms with van der Waals surface area (Å²) >= 11 is 8.84. The smallest absolute Gasteiger partial charge is 0.307 e. The Morgan fingerprint density at radius 3 is 2.67 bits per heavy atom. The Labute approximate surface area is 130 Å². The minimum Gasteiger partial charge on any atom is -0.347 e. The lowest BCUT2D eigenvalue weighted by molar-refractivity contribution is -0.386. The molecule has 1 aromatic carbocycles. The van der Waals surface area contributed by atoms with Gasteiger partial charge in [-0.1, -0.05) is 17.7 Å². The normalized spacial score (nSPS) is 11.2. The fraction of sp³-hybridized carbons (Fsp3) is 0.0833. The summed E-state index contributed by atoms with van der Waals surface area (Å²) in [6.45, 7) is 0. The molecule has 1 N–H and O–H groups in total. The molecule has 0 unspecified atom stereocenters. The van der Waals surface area contributed by atoms with Crippen molar-refractivity contribution in [3.05, 3.63) is 60.8 Å². The van der Waals surface area contributed by atoms with Crippen LogP contribution in [0.2, 0.25) is 5.02 Å². The maximum Gasteiger partial charge on any atom is 0.307 e. The van der Waals surface area contributed by atoms with Crippen molar-refractivity contribution in [1.82, 2.24) is 4.98 Å². The van der Waals surface area contributed by atoms with Crippen LogP contribution in [-0.4, -0.2) is 9.91 Å². The molecule has 0 saturated heterocycles. The molecule has 1 aromatic heterocycles. The number of aromatic amines is 1. The van der Waals surface area contributed by atoms with Crippen LogP contribution in [0.1, 0.15) is 16.8 Å². The molecule has 1 heterocycles. The standard InChI is InChI=1S/C12H5BrClF2N3O2/c13-7-2-1-6(3-8(7)14)12(15,16)11-9(4-17)18-5-10(11)19(20)21/h1-3,5,18H. The van der Waals surface area contributed by atoms with Crippen molar-refractivity contribution in [3.8, 4) is 6.07 Å². The van der Waals surface area contributed by atoms with E-state index in [0.717, 1.165) is 18.3 Å². The van der Waals surface area contributed by atoms with Crippen LogP contribution in [0, 0.1) is 21.4 Å². The second-order valence-corrected chi connectivity index (χ2v) is 5.26. The summed E-state index contributed by atoms with van der Waals surface area (Å²) in [5.74, 6) is -3.74. The molecule has 0 aliphatic heterocycles. The number of nitrogens with one attached hydrogen (secondary N) is 1. The first-order valence-corrected chi connectivity index (χ1v) is 6.55. The number of nitro groups is 1. The minimum atomic E-state index is -3.74. The number of nitriles is 1. The molecule has 0 fully saturated rings. The average molecular weight is 377 g/mol. The van der Waals surface area contributed by atoms with Crippen LogP contribution in [0.5, 0.6) is 0 Å². The third-order valence-electron chi connectivity index (χ3n) is 2.76. The summed E-state index contributed by atoms with van der Waals surface area (Å²) < 4.78 is 29.5. The largest absolute Gasteiger partial charge is 0.347 e. The van der Waals surface area contributed by atoms with Crippen molar-refractivity contribution >= 4 is 33.2 Å². The highest BCUT2D eigenvalue weighted by Crippen LogP contribution is 2.43. The van der Waals surface area contributed by atoms with Gasteiger partial charge in [-0.25, -0.2) is 0 Å². The minimum absolute atomic E-state index is 0.0314. The molecule has 0 bridgehead atoms. The Bertz CT molecular complexity index is 770. The van der Waals surface area contributed by atoms with Crippen molar-refractivity contribution in [2.24, 2.45) is 0 Å². The van der Waals surface area contributed by atoms with E-state index in [1.54, 1.807) is 0 Å². The molecule has 0 saturated carbocycles. The molecule has 2 aromatic rings. The Morgan fingerprint density at radius 2 is 2.14 bits per heavy atom. The lowest BCUT2D eigenvalue weighted by Crippen LogP contribution is -2.17. The van der Waals surface area contributed by atoms with Gasteiger partial charge in [0.1, 0.15) is 17.3 Å². The maximum absolute atomic E-state index is 14.6. The molecule has 0 radical (unpaired) electrons. The zero-order valence-electron chi connectivity index (χ0n) is 10.0. The summed E-state index contributed by atoms with van der Waals surface area (Å²) in [6, 6.07) is 4.86. The molecule has 21 heavy (non-hydrogen) atoms. The lowest BCUT2D eigenvalue weighted by Gasteiger charge is -2.16. The predicted octanol–water partition coefficient (Wildman–Crippen LogP) is 4.35. The predicted molar refractivity (Wildman–Crippen MR) is 74.3 cm³/mol. The lowest BCUT2D eigenvalue weighted by atomic mass is 9.99. The van der Waals surface area contributed by atoms with Crippen LogP contribution in [0.15, 0.2) is 28.9 Å². The van der Waals surface area contributed by atoms with Crippen molar-refractivity contribution in [2.45, 2.75) is 5.92 Å². The molecule has 108 valence electrons. The number of hydrogen-bond acceptors (Lipinski definition) is 3. The highest BCUT2D eigenvalue weighted by Gasteiger charge is 2.44. The van der Waals surface area contributed by atoms with Crippen LogP contribution in [0.4, 0.5) is 14.5 Å². The summed E-state index contributed by atoms with van der Waals surface area (Å²) in [6.07, 6.45) is 0.766. The molecule has 5 nitrogen and oxygen atoms in total. The molecule has 0 aliphatic carbocycles. The number of benzene rings is 1. The van der Waals surface area contributed by atoms with Crippen molar-refractivity contribution in [1.29, 1.82) is 5.26 Å². The van der Waals surface area contributed by atoms with Crippen molar-refractivity contribution < 1.29 is 13.7 Å². The number of nitrogens with zero attached hydrogens (tertiary/aromatic N) is 2. The van der Waals surface area contributed by atoms with E-state index in [-0.39, 0.29) is 5.02 Å². The van der Waals surface area contributed by atoms with E-state index in [2.05, 4.69) is 20.9 Å². The zero-order valence-corrected chi connectivity index (χ0v) is 12.4. The fourth-order valence-electron chi connectivity index (χ4n) is 1.80. The third-order valence-corrected chi connectivity index (χ3v) is 4.00. The highest BCUT2D eigenvalue weighted by atomic mass is 79.9. The number of aromatic nitrogens is 1. The van der Waals surface area contributed by atoms with E-state index in [1.807, 2.05) is 0 Å². The second kappa shape index (κ2) is 5.42. The molecule has 0 aliphatic rings. The van der Waals surface area contributed by atoms with Gasteiger partial charge in [-0.15, -0.1) is 0 Å². The van der Waals surface area contributed by atoms with Gasteiger partial charge in [0.25, 0.3) is 5.69 Å². The van der Waals surface area contributed by atoms with Crippen LogP contribution < -0.4 is 0 Å². The number of rotatable bonds is 3. The van der Waals surface area contributed by atoms with E-state index in [1.165, 1.54) is 12.1 Å². The fourth-order valence-corrected chi connectivity index (χ4v) is 2.23. The molecule has 9 heteroatoms. The monoisotopic (exact) mass is 375 g/mol. The topological polar surface area (TPSA) is 82.7 Å². The van der Waals surface area contributed by atoms with Gasteiger partial charge in [0, 0.05) is 10.0 Å². The molecule has 0 spiro atoms. The van der Waals surface area contributed by atoms with E-state index in [9.17, 15) is 18.9 Å². The summed E-state index contributed by atoms with van der Waals surface area (Å²) in [4.78, 5) is 12.1. The Balaban J connectivity index is 2.68. The van der Waals surface area contributed by atoms with Gasteiger partial charge in [0.2, 0.25) is 0 Å². The molecule has 0 atom stereocenters. The van der Waals surface area contributed by atoms with Gasteiger partial charge in [-0.2, -0.15) is 14.0 Å². The summed E-state index contributed by atoms with van der Waals surface area (Å²) in [7, 11) is 0. The van der Waals surface area contributed by atoms with Crippen LogP contribution >= 0.6 is 27.5 Å². The molecular formula is C12H5BrClF2N3O2. The van der Waals surface area contributed by atoms with E-state index >= 15 is 0 Å². The van der Waals surface area contributed by atoms with Crippen molar-refractivity contribution in [2.75, 3.05) is 0 Å². The highest BCUT2D eigenvalue weighted by molar-refractivity contribution is 9.10. The van der Waals surface area contributed by atoms with E-state index in [4.69, 9.17) is 16.9 Å². The van der Waals surface area contributed by atoms with Crippen LogP contribution in [0.25, 0.3) is 0 Å². The van der Waals surface area contributed by atoms with Gasteiger partial charge in [0.05, 0.1) is 16.1 Å². The maximum atomic E-state index is 14.6. The first-order chi connectivity index (χ1) is 9.78. The Kier molecular flexibility index (Phi) is 3.98. The van der Waals surface area contributed by atoms with Gasteiger partial charge >= 0.3 is 5.92 Å². The third kappa shape index (κ3) is 2.62. The summed E-state index contributed by atoms with van der Waals surface area (Å²) in [5.41, 5.74) is -2.94. The van der Waals surface area contributed by atoms with Gasteiger partial charge in [0.15, 0.2) is 0 Å². The number of hydrogen-bond donors (Lipinski definition) is 1. The Hall–Kier alpha value is -1.98. The van der Waals surface area contributed by atoms with E-state index < -0.39 is 33.4 Å². The SMILES string of the molecule is N#Cc1[nH]cc([N+](=O)[O-])c1C(F)(F)c1ccc(Br)c(Cl)c1. The first-order valence-electron chi connectivity index (χ1n) is 5.38. The molecule has 2 rings (SSSR count).